The molecule has 1 atom stereocenters. The van der Waals surface area contributed by atoms with Crippen LogP contribution in [0.5, 0.6) is 5.75 Å². The van der Waals surface area contributed by atoms with Gasteiger partial charge in [0, 0.05) is 50.7 Å². The summed E-state index contributed by atoms with van der Waals surface area (Å²) in [6, 6.07) is 11.2. The van der Waals surface area contributed by atoms with Crippen molar-refractivity contribution < 1.29 is 19.1 Å². The Morgan fingerprint density at radius 1 is 1.19 bits per heavy atom. The molecular formula is C24H29N3O4. The third-order valence-corrected chi connectivity index (χ3v) is 6.54. The first kappa shape index (κ1) is 21.3. The number of pyridine rings is 1. The van der Waals surface area contributed by atoms with E-state index in [1.807, 2.05) is 29.2 Å². The molecule has 1 spiro atoms. The number of carbonyl (C=O) groups excluding carboxylic acids is 2. The zero-order chi connectivity index (χ0) is 21.7. The van der Waals surface area contributed by atoms with Gasteiger partial charge in [-0.15, -0.1) is 0 Å². The summed E-state index contributed by atoms with van der Waals surface area (Å²) in [7, 11) is 1.56. The van der Waals surface area contributed by atoms with E-state index in [4.69, 9.17) is 9.47 Å². The second kappa shape index (κ2) is 9.47. The van der Waals surface area contributed by atoms with E-state index in [-0.39, 0.29) is 23.1 Å². The van der Waals surface area contributed by atoms with E-state index < -0.39 is 0 Å². The minimum atomic E-state index is -0.243. The Morgan fingerprint density at radius 3 is 2.68 bits per heavy atom. The van der Waals surface area contributed by atoms with E-state index >= 15 is 0 Å². The van der Waals surface area contributed by atoms with Gasteiger partial charge in [-0.25, -0.2) is 0 Å². The third kappa shape index (κ3) is 4.56. The normalized spacial score (nSPS) is 19.9. The maximum absolute atomic E-state index is 13.3. The molecule has 2 aliphatic heterocycles. The van der Waals surface area contributed by atoms with Gasteiger partial charge in [-0.1, -0.05) is 12.1 Å². The highest BCUT2D eigenvalue weighted by atomic mass is 16.5. The highest BCUT2D eigenvalue weighted by Gasteiger charge is 2.51. The molecule has 0 radical (unpaired) electrons. The number of benzene rings is 1. The lowest BCUT2D eigenvalue weighted by Gasteiger charge is -2.37. The largest absolute Gasteiger partial charge is 0.496 e. The zero-order valence-electron chi connectivity index (χ0n) is 17.9. The first-order valence-corrected chi connectivity index (χ1v) is 10.8. The van der Waals surface area contributed by atoms with Crippen molar-refractivity contribution in [1.82, 2.24) is 15.2 Å². The van der Waals surface area contributed by atoms with Crippen molar-refractivity contribution in [1.29, 1.82) is 0 Å². The Labute approximate surface area is 182 Å². The quantitative estimate of drug-likeness (QED) is 0.771. The first-order chi connectivity index (χ1) is 15.1. The summed E-state index contributed by atoms with van der Waals surface area (Å²) >= 11 is 0. The second-order valence-electron chi connectivity index (χ2n) is 8.31. The van der Waals surface area contributed by atoms with Crippen LogP contribution in [0.15, 0.2) is 48.8 Å². The summed E-state index contributed by atoms with van der Waals surface area (Å²) in [4.78, 5) is 32.3. The molecule has 0 bridgehead atoms. The molecule has 2 aliphatic rings. The van der Waals surface area contributed by atoms with Crippen LogP contribution in [0, 0.1) is 11.3 Å². The van der Waals surface area contributed by atoms with Crippen LogP contribution in [0.1, 0.15) is 28.8 Å². The standard InChI is InChI=1S/C24H29N3O4/c1-30-21-5-3-2-4-19(21)23(29)27-16-20(24(17-27)9-14-31-15-10-24)22(28)26-13-8-18-6-11-25-12-7-18/h2-7,11-12,20H,8-10,13-17H2,1H3,(H,26,28). The predicted molar refractivity (Wildman–Crippen MR) is 116 cm³/mol. The topological polar surface area (TPSA) is 80.8 Å². The molecule has 2 fully saturated rings. The number of carbonyl (C=O) groups is 2. The zero-order valence-corrected chi connectivity index (χ0v) is 17.9. The number of aromatic nitrogens is 1. The number of amides is 2. The van der Waals surface area contributed by atoms with Gasteiger partial charge in [-0.2, -0.15) is 0 Å². The monoisotopic (exact) mass is 423 g/mol. The molecular weight excluding hydrogens is 394 g/mol. The van der Waals surface area contributed by atoms with Crippen LogP contribution >= 0.6 is 0 Å². The SMILES string of the molecule is COc1ccccc1C(=O)N1CC(C(=O)NCCc2ccncc2)C2(CCOCC2)C1. The molecule has 2 saturated heterocycles. The molecule has 2 aromatic rings. The summed E-state index contributed by atoms with van der Waals surface area (Å²) in [6.45, 7) is 2.79. The number of para-hydroxylation sites is 1. The van der Waals surface area contributed by atoms with E-state index in [2.05, 4.69) is 10.3 Å². The first-order valence-electron chi connectivity index (χ1n) is 10.8. The summed E-state index contributed by atoms with van der Waals surface area (Å²) in [5.41, 5.74) is 1.43. The summed E-state index contributed by atoms with van der Waals surface area (Å²) in [5, 5.41) is 3.10. The maximum atomic E-state index is 13.3. The van der Waals surface area contributed by atoms with Crippen molar-refractivity contribution in [3.8, 4) is 5.75 Å². The fraction of sp³-hybridized carbons (Fsp3) is 0.458. The Balaban J connectivity index is 1.47. The van der Waals surface area contributed by atoms with E-state index in [1.54, 1.807) is 31.6 Å². The van der Waals surface area contributed by atoms with Gasteiger partial charge in [0.25, 0.3) is 5.91 Å². The van der Waals surface area contributed by atoms with E-state index in [0.29, 0.717) is 44.2 Å². The molecule has 7 heteroatoms. The molecule has 0 saturated carbocycles. The average Bonchev–Trinajstić information content (AvgIpc) is 3.18. The molecule has 31 heavy (non-hydrogen) atoms. The van der Waals surface area contributed by atoms with E-state index in [1.165, 1.54) is 0 Å². The van der Waals surface area contributed by atoms with Gasteiger partial charge in [0.1, 0.15) is 5.75 Å². The molecule has 1 unspecified atom stereocenters. The third-order valence-electron chi connectivity index (χ3n) is 6.54. The Hall–Kier alpha value is -2.93. The number of hydrogen-bond acceptors (Lipinski definition) is 5. The lowest BCUT2D eigenvalue weighted by molar-refractivity contribution is -0.129. The van der Waals surface area contributed by atoms with Gasteiger partial charge in [0.05, 0.1) is 18.6 Å². The van der Waals surface area contributed by atoms with Crippen molar-refractivity contribution >= 4 is 11.8 Å². The smallest absolute Gasteiger partial charge is 0.257 e. The number of hydrogen-bond donors (Lipinski definition) is 1. The van der Waals surface area contributed by atoms with Crippen LogP contribution in [-0.4, -0.2) is 61.7 Å². The number of rotatable bonds is 6. The average molecular weight is 424 g/mol. The lowest BCUT2D eigenvalue weighted by Crippen LogP contribution is -2.44. The van der Waals surface area contributed by atoms with Crippen LogP contribution < -0.4 is 10.1 Å². The van der Waals surface area contributed by atoms with Crippen LogP contribution in [0.3, 0.4) is 0 Å². The number of nitrogens with zero attached hydrogens (tertiary/aromatic N) is 2. The predicted octanol–water partition coefficient (Wildman–Crippen LogP) is 2.32. The van der Waals surface area contributed by atoms with E-state index in [9.17, 15) is 9.59 Å². The molecule has 4 rings (SSSR count). The molecule has 7 nitrogen and oxygen atoms in total. The molecule has 1 aromatic heterocycles. The lowest BCUT2D eigenvalue weighted by atomic mass is 9.71. The Kier molecular flexibility index (Phi) is 6.51. The second-order valence-corrected chi connectivity index (χ2v) is 8.31. The summed E-state index contributed by atoms with van der Waals surface area (Å²) < 4.78 is 11.0. The van der Waals surface area contributed by atoms with Gasteiger partial charge in [-0.3, -0.25) is 14.6 Å². The van der Waals surface area contributed by atoms with Gasteiger partial charge < -0.3 is 19.7 Å². The molecule has 2 amide bonds. The summed E-state index contributed by atoms with van der Waals surface area (Å²) in [5.74, 6) is 0.243. The highest BCUT2D eigenvalue weighted by molar-refractivity contribution is 5.97. The minimum Gasteiger partial charge on any atom is -0.496 e. The maximum Gasteiger partial charge on any atom is 0.257 e. The van der Waals surface area contributed by atoms with Crippen LogP contribution in [-0.2, 0) is 16.0 Å². The molecule has 1 N–H and O–H groups in total. The van der Waals surface area contributed by atoms with Gasteiger partial charge in [0.15, 0.2) is 0 Å². The highest BCUT2D eigenvalue weighted by Crippen LogP contribution is 2.45. The van der Waals surface area contributed by atoms with Gasteiger partial charge in [0.2, 0.25) is 5.91 Å². The van der Waals surface area contributed by atoms with Gasteiger partial charge >= 0.3 is 0 Å². The van der Waals surface area contributed by atoms with Crippen LogP contribution in [0.4, 0.5) is 0 Å². The van der Waals surface area contributed by atoms with E-state index in [0.717, 1.165) is 24.8 Å². The minimum absolute atomic E-state index is 0.0197. The fourth-order valence-corrected chi connectivity index (χ4v) is 4.76. The van der Waals surface area contributed by atoms with Crippen molar-refractivity contribution in [2.75, 3.05) is 40.0 Å². The number of methoxy groups -OCH3 is 1. The number of likely N-dealkylation sites (tertiary alicyclic amines) is 1. The van der Waals surface area contributed by atoms with Crippen LogP contribution in [0.2, 0.25) is 0 Å². The van der Waals surface area contributed by atoms with Crippen molar-refractivity contribution in [3.63, 3.8) is 0 Å². The Morgan fingerprint density at radius 2 is 1.94 bits per heavy atom. The molecule has 164 valence electrons. The molecule has 3 heterocycles. The van der Waals surface area contributed by atoms with Crippen molar-refractivity contribution in [3.05, 3.63) is 59.9 Å². The van der Waals surface area contributed by atoms with Crippen molar-refractivity contribution in [2.24, 2.45) is 11.3 Å². The number of nitrogens with one attached hydrogen (secondary N) is 1. The molecule has 1 aromatic carbocycles. The Bertz CT molecular complexity index is 912. The molecule has 0 aliphatic carbocycles. The fourth-order valence-electron chi connectivity index (χ4n) is 4.76. The van der Waals surface area contributed by atoms with Crippen molar-refractivity contribution in [2.45, 2.75) is 19.3 Å². The number of ether oxygens (including phenoxy) is 2. The summed E-state index contributed by atoms with van der Waals surface area (Å²) in [6.07, 6.45) is 5.83. The van der Waals surface area contributed by atoms with Crippen LogP contribution in [0.25, 0.3) is 0 Å². The van der Waals surface area contributed by atoms with Gasteiger partial charge in [-0.05, 0) is 49.1 Å².